The standard InChI is InChI=1S/C19H17N3O4/c1-12-6-8-14(9-7-12)22-17(24)11-16(26-2)18(21-22)19(25)20-13-4-3-5-15(23)10-13/h3-11,23H,1-2H3,(H,20,25). The number of aromatic hydroxyl groups is 1. The number of carbonyl (C=O) groups excluding carboxylic acids is 1. The van der Waals surface area contributed by atoms with Crippen LogP contribution in [0.2, 0.25) is 0 Å². The number of aryl methyl sites for hydroxylation is 1. The Balaban J connectivity index is 2.02. The van der Waals surface area contributed by atoms with Crippen molar-refractivity contribution in [3.63, 3.8) is 0 Å². The molecule has 2 N–H and O–H groups in total. The molecule has 3 aromatic rings. The van der Waals surface area contributed by atoms with Gasteiger partial charge in [0.25, 0.3) is 11.5 Å². The van der Waals surface area contributed by atoms with Gasteiger partial charge < -0.3 is 15.2 Å². The minimum Gasteiger partial charge on any atom is -0.508 e. The summed E-state index contributed by atoms with van der Waals surface area (Å²) in [7, 11) is 1.36. The smallest absolute Gasteiger partial charge is 0.280 e. The number of anilines is 1. The Morgan fingerprint density at radius 3 is 2.54 bits per heavy atom. The van der Waals surface area contributed by atoms with E-state index in [1.165, 1.54) is 25.3 Å². The summed E-state index contributed by atoms with van der Waals surface area (Å²) in [5.74, 6) is -0.475. The van der Waals surface area contributed by atoms with Crippen LogP contribution in [0.4, 0.5) is 5.69 Å². The lowest BCUT2D eigenvalue weighted by atomic mass is 10.2. The zero-order chi connectivity index (χ0) is 18.7. The number of amides is 1. The quantitative estimate of drug-likeness (QED) is 0.753. The number of nitrogens with one attached hydrogen (secondary N) is 1. The highest BCUT2D eigenvalue weighted by Gasteiger charge is 2.18. The summed E-state index contributed by atoms with van der Waals surface area (Å²) < 4.78 is 6.27. The molecule has 1 heterocycles. The second-order valence-corrected chi connectivity index (χ2v) is 5.65. The van der Waals surface area contributed by atoms with Crippen LogP contribution in [0, 0.1) is 6.92 Å². The number of carbonyl (C=O) groups is 1. The zero-order valence-corrected chi connectivity index (χ0v) is 14.3. The van der Waals surface area contributed by atoms with Gasteiger partial charge in [0.1, 0.15) is 5.75 Å². The van der Waals surface area contributed by atoms with Crippen LogP contribution in [0.5, 0.6) is 11.5 Å². The molecule has 0 aliphatic rings. The van der Waals surface area contributed by atoms with Gasteiger partial charge in [-0.2, -0.15) is 9.78 Å². The number of phenolic OH excluding ortho intramolecular Hbond substituents is 1. The predicted octanol–water partition coefficient (Wildman–Crippen LogP) is 2.51. The summed E-state index contributed by atoms with van der Waals surface area (Å²) >= 11 is 0. The van der Waals surface area contributed by atoms with Crippen molar-refractivity contribution in [2.75, 3.05) is 12.4 Å². The van der Waals surface area contributed by atoms with E-state index < -0.39 is 11.5 Å². The van der Waals surface area contributed by atoms with Crippen LogP contribution in [0.15, 0.2) is 59.4 Å². The van der Waals surface area contributed by atoms with Crippen LogP contribution in [0.25, 0.3) is 5.69 Å². The molecular formula is C19H17N3O4. The van der Waals surface area contributed by atoms with E-state index in [0.717, 1.165) is 10.2 Å². The summed E-state index contributed by atoms with van der Waals surface area (Å²) in [5, 5.41) is 16.3. The normalized spacial score (nSPS) is 10.4. The fraction of sp³-hybridized carbons (Fsp3) is 0.105. The van der Waals surface area contributed by atoms with Crippen molar-refractivity contribution in [2.45, 2.75) is 6.92 Å². The van der Waals surface area contributed by atoms with Gasteiger partial charge in [-0.3, -0.25) is 9.59 Å². The molecule has 0 atom stereocenters. The van der Waals surface area contributed by atoms with Crippen molar-refractivity contribution in [1.29, 1.82) is 0 Å². The van der Waals surface area contributed by atoms with Crippen molar-refractivity contribution in [3.8, 4) is 17.2 Å². The lowest BCUT2D eigenvalue weighted by Crippen LogP contribution is -2.26. The fourth-order valence-electron chi connectivity index (χ4n) is 2.40. The number of hydrogen-bond acceptors (Lipinski definition) is 5. The first-order valence-corrected chi connectivity index (χ1v) is 7.84. The maximum absolute atomic E-state index is 12.6. The Bertz CT molecular complexity index is 1010. The molecule has 0 fully saturated rings. The molecule has 0 aliphatic carbocycles. The molecule has 7 nitrogen and oxygen atoms in total. The summed E-state index contributed by atoms with van der Waals surface area (Å²) in [4.78, 5) is 24.9. The first kappa shape index (κ1) is 17.2. The van der Waals surface area contributed by atoms with Gasteiger partial charge >= 0.3 is 0 Å². The van der Waals surface area contributed by atoms with Crippen LogP contribution in [0.1, 0.15) is 16.1 Å². The average Bonchev–Trinajstić information content (AvgIpc) is 2.62. The molecule has 2 aromatic carbocycles. The number of hydrogen-bond donors (Lipinski definition) is 2. The molecule has 0 saturated heterocycles. The Hall–Kier alpha value is -3.61. The lowest BCUT2D eigenvalue weighted by Gasteiger charge is -2.11. The third kappa shape index (κ3) is 3.56. The molecule has 132 valence electrons. The van der Waals surface area contributed by atoms with Crippen molar-refractivity contribution in [2.24, 2.45) is 0 Å². The number of rotatable bonds is 4. The minimum absolute atomic E-state index is 0.0207. The van der Waals surface area contributed by atoms with E-state index in [1.807, 2.05) is 19.1 Å². The molecule has 26 heavy (non-hydrogen) atoms. The summed E-state index contributed by atoms with van der Waals surface area (Å²) in [6, 6.07) is 14.5. The average molecular weight is 351 g/mol. The second kappa shape index (κ2) is 7.10. The van der Waals surface area contributed by atoms with E-state index in [9.17, 15) is 14.7 Å². The molecule has 0 saturated carbocycles. The Kier molecular flexibility index (Phi) is 4.70. The molecule has 0 bridgehead atoms. The molecule has 0 aliphatic heterocycles. The maximum atomic E-state index is 12.6. The van der Waals surface area contributed by atoms with E-state index in [4.69, 9.17) is 4.74 Å². The van der Waals surface area contributed by atoms with E-state index in [1.54, 1.807) is 24.3 Å². The minimum atomic E-state index is -0.562. The molecule has 0 spiro atoms. The third-order valence-corrected chi connectivity index (χ3v) is 3.71. The Labute approximate surface area is 149 Å². The van der Waals surface area contributed by atoms with Crippen LogP contribution in [-0.2, 0) is 0 Å². The van der Waals surface area contributed by atoms with Crippen LogP contribution >= 0.6 is 0 Å². The van der Waals surface area contributed by atoms with Crippen molar-refractivity contribution < 1.29 is 14.6 Å². The van der Waals surface area contributed by atoms with Gasteiger partial charge in [-0.25, -0.2) is 0 Å². The largest absolute Gasteiger partial charge is 0.508 e. The number of phenols is 1. The van der Waals surface area contributed by atoms with Gasteiger partial charge in [-0.05, 0) is 31.2 Å². The number of aromatic nitrogens is 2. The fourth-order valence-corrected chi connectivity index (χ4v) is 2.40. The number of ether oxygens (including phenoxy) is 1. The van der Waals surface area contributed by atoms with E-state index in [0.29, 0.717) is 11.4 Å². The zero-order valence-electron chi connectivity index (χ0n) is 14.3. The summed E-state index contributed by atoms with van der Waals surface area (Å²) in [6.45, 7) is 1.93. The predicted molar refractivity (Wildman–Crippen MR) is 97.2 cm³/mol. The van der Waals surface area contributed by atoms with E-state index in [2.05, 4.69) is 10.4 Å². The SMILES string of the molecule is COc1cc(=O)n(-c2ccc(C)cc2)nc1C(=O)Nc1cccc(O)c1. The second-order valence-electron chi connectivity index (χ2n) is 5.65. The molecule has 1 amide bonds. The number of methoxy groups -OCH3 is 1. The van der Waals surface area contributed by atoms with Crippen molar-refractivity contribution >= 4 is 11.6 Å². The van der Waals surface area contributed by atoms with Gasteiger partial charge in [0.2, 0.25) is 0 Å². The third-order valence-electron chi connectivity index (χ3n) is 3.71. The van der Waals surface area contributed by atoms with Crippen LogP contribution in [0.3, 0.4) is 0 Å². The van der Waals surface area contributed by atoms with Crippen LogP contribution < -0.4 is 15.6 Å². The molecular weight excluding hydrogens is 334 g/mol. The molecule has 7 heteroatoms. The maximum Gasteiger partial charge on any atom is 0.280 e. The Morgan fingerprint density at radius 1 is 1.15 bits per heavy atom. The van der Waals surface area contributed by atoms with Gasteiger partial charge in [0.15, 0.2) is 11.4 Å². The van der Waals surface area contributed by atoms with E-state index in [-0.39, 0.29) is 17.2 Å². The highest BCUT2D eigenvalue weighted by molar-refractivity contribution is 6.04. The number of benzene rings is 2. The first-order valence-electron chi connectivity index (χ1n) is 7.84. The monoisotopic (exact) mass is 351 g/mol. The summed E-state index contributed by atoms with van der Waals surface area (Å²) in [6.07, 6.45) is 0. The molecule has 1 aromatic heterocycles. The molecule has 0 radical (unpaired) electrons. The molecule has 3 rings (SSSR count). The highest BCUT2D eigenvalue weighted by Crippen LogP contribution is 2.19. The lowest BCUT2D eigenvalue weighted by molar-refractivity contribution is 0.101. The van der Waals surface area contributed by atoms with Gasteiger partial charge in [0.05, 0.1) is 18.9 Å². The van der Waals surface area contributed by atoms with Gasteiger partial charge in [0, 0.05) is 11.8 Å². The van der Waals surface area contributed by atoms with Crippen molar-refractivity contribution in [3.05, 3.63) is 76.2 Å². The Morgan fingerprint density at radius 2 is 1.88 bits per heavy atom. The number of nitrogens with zero attached hydrogens (tertiary/aromatic N) is 2. The summed E-state index contributed by atoms with van der Waals surface area (Å²) in [5.41, 5.74) is 1.51. The van der Waals surface area contributed by atoms with E-state index >= 15 is 0 Å². The molecule has 0 unspecified atom stereocenters. The topological polar surface area (TPSA) is 93.5 Å². The highest BCUT2D eigenvalue weighted by atomic mass is 16.5. The van der Waals surface area contributed by atoms with Crippen LogP contribution in [-0.4, -0.2) is 27.9 Å². The van der Waals surface area contributed by atoms with Crippen molar-refractivity contribution in [1.82, 2.24) is 9.78 Å². The first-order chi connectivity index (χ1) is 12.5. The van der Waals surface area contributed by atoms with Gasteiger partial charge in [-0.1, -0.05) is 23.8 Å². The van der Waals surface area contributed by atoms with Gasteiger partial charge in [-0.15, -0.1) is 0 Å².